The van der Waals surface area contributed by atoms with Gasteiger partial charge in [-0.05, 0) is 48.4 Å². The molecule has 0 spiro atoms. The zero-order valence-electron chi connectivity index (χ0n) is 12.4. The molecule has 112 valence electrons. The summed E-state index contributed by atoms with van der Waals surface area (Å²) in [6.45, 7) is 4.49. The maximum absolute atomic E-state index is 11.9. The van der Waals surface area contributed by atoms with E-state index in [0.29, 0.717) is 12.3 Å². The Morgan fingerprint density at radius 2 is 2.00 bits per heavy atom. The number of unbranched alkanes of at least 4 members (excludes halogenated alkanes) is 1. The molecule has 4 nitrogen and oxygen atoms in total. The third-order valence-corrected chi connectivity index (χ3v) is 3.31. The predicted octanol–water partition coefficient (Wildman–Crippen LogP) is 3.23. The summed E-state index contributed by atoms with van der Waals surface area (Å²) >= 11 is 0. The third-order valence-electron chi connectivity index (χ3n) is 3.31. The highest BCUT2D eigenvalue weighted by Gasteiger charge is 2.14. The van der Waals surface area contributed by atoms with Gasteiger partial charge in [-0.1, -0.05) is 25.5 Å². The highest BCUT2D eigenvalue weighted by molar-refractivity contribution is 5.85. The fraction of sp³-hybridized carbons (Fsp3) is 0.353. The second-order valence-corrected chi connectivity index (χ2v) is 5.10. The Balaban J connectivity index is 2.03. The molecular formula is C17H21NO3. The highest BCUT2D eigenvalue weighted by Crippen LogP contribution is 2.24. The van der Waals surface area contributed by atoms with Crippen LogP contribution >= 0.6 is 0 Å². The van der Waals surface area contributed by atoms with Crippen LogP contribution in [-0.2, 0) is 4.79 Å². The van der Waals surface area contributed by atoms with E-state index in [1.165, 1.54) is 0 Å². The molecule has 0 saturated carbocycles. The van der Waals surface area contributed by atoms with Gasteiger partial charge in [-0.25, -0.2) is 0 Å². The van der Waals surface area contributed by atoms with Crippen LogP contribution in [0.2, 0.25) is 0 Å². The number of fused-ring (bicyclic) bond motifs is 1. The van der Waals surface area contributed by atoms with E-state index in [1.54, 1.807) is 19.1 Å². The van der Waals surface area contributed by atoms with E-state index in [0.717, 1.165) is 23.6 Å². The van der Waals surface area contributed by atoms with Gasteiger partial charge in [0.1, 0.15) is 11.5 Å². The number of phenols is 1. The highest BCUT2D eigenvalue weighted by atomic mass is 16.5. The number of phenolic OH excluding ortho intramolecular Hbond substituents is 1. The van der Waals surface area contributed by atoms with E-state index in [2.05, 4.69) is 12.2 Å². The fourth-order valence-electron chi connectivity index (χ4n) is 2.08. The van der Waals surface area contributed by atoms with Crippen molar-refractivity contribution in [3.63, 3.8) is 0 Å². The Kier molecular flexibility index (Phi) is 5.04. The van der Waals surface area contributed by atoms with E-state index < -0.39 is 6.10 Å². The van der Waals surface area contributed by atoms with Crippen molar-refractivity contribution in [2.45, 2.75) is 32.8 Å². The van der Waals surface area contributed by atoms with Crippen LogP contribution in [0.4, 0.5) is 0 Å². The number of rotatable bonds is 6. The van der Waals surface area contributed by atoms with Gasteiger partial charge in [0, 0.05) is 6.54 Å². The Morgan fingerprint density at radius 1 is 1.24 bits per heavy atom. The second-order valence-electron chi connectivity index (χ2n) is 5.10. The standard InChI is InChI=1S/C17H21NO3/c1-3-4-9-18-17(20)12(2)21-16-8-6-13-5-7-15(19)10-14(13)11-16/h5-8,10-12,19H,3-4,9H2,1-2H3,(H,18,20). The lowest BCUT2D eigenvalue weighted by Gasteiger charge is -2.15. The average molecular weight is 287 g/mol. The minimum absolute atomic E-state index is 0.112. The minimum Gasteiger partial charge on any atom is -0.508 e. The molecule has 4 heteroatoms. The van der Waals surface area contributed by atoms with Crippen LogP contribution in [-0.4, -0.2) is 23.7 Å². The quantitative estimate of drug-likeness (QED) is 0.802. The first kappa shape index (κ1) is 15.2. The molecule has 2 aromatic rings. The molecule has 0 fully saturated rings. The summed E-state index contributed by atoms with van der Waals surface area (Å²) in [5.74, 6) is 0.718. The molecule has 21 heavy (non-hydrogen) atoms. The van der Waals surface area contributed by atoms with E-state index in [-0.39, 0.29) is 11.7 Å². The smallest absolute Gasteiger partial charge is 0.260 e. The van der Waals surface area contributed by atoms with E-state index in [4.69, 9.17) is 4.74 Å². The molecule has 0 aromatic heterocycles. The van der Waals surface area contributed by atoms with Crippen LogP contribution < -0.4 is 10.1 Å². The van der Waals surface area contributed by atoms with Crippen LogP contribution in [0.3, 0.4) is 0 Å². The number of hydrogen-bond acceptors (Lipinski definition) is 3. The van der Waals surface area contributed by atoms with Crippen LogP contribution in [0.15, 0.2) is 36.4 Å². The maximum atomic E-state index is 11.9. The van der Waals surface area contributed by atoms with Crippen molar-refractivity contribution in [1.29, 1.82) is 0 Å². The van der Waals surface area contributed by atoms with E-state index >= 15 is 0 Å². The Morgan fingerprint density at radius 3 is 2.76 bits per heavy atom. The lowest BCUT2D eigenvalue weighted by atomic mass is 10.1. The monoisotopic (exact) mass is 287 g/mol. The van der Waals surface area contributed by atoms with Crippen molar-refractivity contribution in [3.8, 4) is 11.5 Å². The van der Waals surface area contributed by atoms with Crippen molar-refractivity contribution in [1.82, 2.24) is 5.32 Å². The van der Waals surface area contributed by atoms with Gasteiger partial charge in [0.25, 0.3) is 5.91 Å². The molecule has 0 heterocycles. The van der Waals surface area contributed by atoms with Gasteiger partial charge in [0.05, 0.1) is 0 Å². The molecule has 0 saturated heterocycles. The third kappa shape index (κ3) is 4.12. The summed E-state index contributed by atoms with van der Waals surface area (Å²) in [5, 5.41) is 14.2. The normalized spacial score (nSPS) is 12.1. The van der Waals surface area contributed by atoms with Crippen molar-refractivity contribution in [3.05, 3.63) is 36.4 Å². The molecule has 2 rings (SSSR count). The van der Waals surface area contributed by atoms with Crippen LogP contribution in [0.25, 0.3) is 10.8 Å². The number of carbonyl (C=O) groups excluding carboxylic acids is 1. The van der Waals surface area contributed by atoms with Crippen molar-refractivity contribution in [2.24, 2.45) is 0 Å². The molecule has 0 aliphatic carbocycles. The Hall–Kier alpha value is -2.23. The van der Waals surface area contributed by atoms with Gasteiger partial charge >= 0.3 is 0 Å². The van der Waals surface area contributed by atoms with Gasteiger partial charge in [-0.15, -0.1) is 0 Å². The first-order valence-corrected chi connectivity index (χ1v) is 7.27. The zero-order chi connectivity index (χ0) is 15.2. The first-order chi connectivity index (χ1) is 10.1. The number of amides is 1. The summed E-state index contributed by atoms with van der Waals surface area (Å²) in [5.41, 5.74) is 0. The summed E-state index contributed by atoms with van der Waals surface area (Å²) < 4.78 is 5.66. The molecule has 0 radical (unpaired) electrons. The Labute approximate surface area is 124 Å². The summed E-state index contributed by atoms with van der Waals surface area (Å²) in [6, 6.07) is 10.7. The molecule has 1 unspecified atom stereocenters. The topological polar surface area (TPSA) is 58.6 Å². The SMILES string of the molecule is CCCCNC(=O)C(C)Oc1ccc2ccc(O)cc2c1. The lowest BCUT2D eigenvalue weighted by molar-refractivity contribution is -0.127. The second kappa shape index (κ2) is 6.97. The van der Waals surface area contributed by atoms with Crippen LogP contribution in [0.5, 0.6) is 11.5 Å². The van der Waals surface area contributed by atoms with E-state index in [1.807, 2.05) is 24.3 Å². The fourth-order valence-corrected chi connectivity index (χ4v) is 2.08. The average Bonchev–Trinajstić information content (AvgIpc) is 2.46. The summed E-state index contributed by atoms with van der Waals surface area (Å²) in [7, 11) is 0. The zero-order valence-corrected chi connectivity index (χ0v) is 12.4. The molecule has 2 aromatic carbocycles. The molecule has 2 N–H and O–H groups in total. The number of ether oxygens (including phenoxy) is 1. The molecular weight excluding hydrogens is 266 g/mol. The maximum Gasteiger partial charge on any atom is 0.260 e. The van der Waals surface area contributed by atoms with Crippen molar-refractivity contribution in [2.75, 3.05) is 6.54 Å². The molecule has 0 bridgehead atoms. The molecule has 0 aliphatic heterocycles. The predicted molar refractivity (Wildman–Crippen MR) is 83.6 cm³/mol. The van der Waals surface area contributed by atoms with Gasteiger partial charge < -0.3 is 15.2 Å². The lowest BCUT2D eigenvalue weighted by Crippen LogP contribution is -2.36. The Bertz CT molecular complexity index is 624. The van der Waals surface area contributed by atoms with Crippen LogP contribution in [0.1, 0.15) is 26.7 Å². The van der Waals surface area contributed by atoms with Gasteiger partial charge in [-0.3, -0.25) is 4.79 Å². The summed E-state index contributed by atoms with van der Waals surface area (Å²) in [6.07, 6.45) is 1.47. The molecule has 0 aliphatic rings. The van der Waals surface area contributed by atoms with Gasteiger partial charge in [-0.2, -0.15) is 0 Å². The number of nitrogens with one attached hydrogen (secondary N) is 1. The molecule has 1 atom stereocenters. The van der Waals surface area contributed by atoms with Gasteiger partial charge in [0.15, 0.2) is 6.10 Å². The van der Waals surface area contributed by atoms with E-state index in [9.17, 15) is 9.90 Å². The van der Waals surface area contributed by atoms with Crippen LogP contribution in [0, 0.1) is 0 Å². The molecule has 1 amide bonds. The number of benzene rings is 2. The number of hydrogen-bond donors (Lipinski definition) is 2. The van der Waals surface area contributed by atoms with Gasteiger partial charge in [0.2, 0.25) is 0 Å². The summed E-state index contributed by atoms with van der Waals surface area (Å²) in [4.78, 5) is 11.9. The first-order valence-electron chi connectivity index (χ1n) is 7.27. The van der Waals surface area contributed by atoms with Crippen molar-refractivity contribution >= 4 is 16.7 Å². The number of aromatic hydroxyl groups is 1. The largest absolute Gasteiger partial charge is 0.508 e. The number of carbonyl (C=O) groups is 1. The minimum atomic E-state index is -0.545. The van der Waals surface area contributed by atoms with Crippen molar-refractivity contribution < 1.29 is 14.6 Å².